The summed E-state index contributed by atoms with van der Waals surface area (Å²) in [6, 6.07) is 15.4. The molecule has 0 heterocycles. The minimum atomic E-state index is 0.454. The Labute approximate surface area is 141 Å². The summed E-state index contributed by atoms with van der Waals surface area (Å²) < 4.78 is 1.02. The summed E-state index contributed by atoms with van der Waals surface area (Å²) in [6.45, 7) is 8.88. The van der Waals surface area contributed by atoms with Gasteiger partial charge in [0.05, 0.1) is 0 Å². The average Bonchev–Trinajstić information content (AvgIpc) is 2.38. The fourth-order valence-corrected chi connectivity index (χ4v) is 3.78. The zero-order valence-corrected chi connectivity index (χ0v) is 15.2. The number of halogens is 2. The van der Waals surface area contributed by atoms with E-state index in [1.165, 1.54) is 5.69 Å². The molecule has 2 aromatic carbocycles. The van der Waals surface area contributed by atoms with E-state index in [0.29, 0.717) is 12.1 Å². The van der Waals surface area contributed by atoms with Crippen LogP contribution in [0.2, 0.25) is 5.02 Å². The van der Waals surface area contributed by atoms with Gasteiger partial charge in [-0.3, -0.25) is 0 Å². The molecule has 0 aliphatic heterocycles. The summed E-state index contributed by atoms with van der Waals surface area (Å²) in [7, 11) is 0. The highest BCUT2D eigenvalue weighted by Crippen LogP contribution is 2.36. The lowest BCUT2D eigenvalue weighted by Gasteiger charge is -2.33. The van der Waals surface area contributed by atoms with Gasteiger partial charge in [0.1, 0.15) is 0 Å². The van der Waals surface area contributed by atoms with Crippen LogP contribution in [0.25, 0.3) is 11.1 Å². The van der Waals surface area contributed by atoms with E-state index in [1.54, 1.807) is 0 Å². The van der Waals surface area contributed by atoms with Gasteiger partial charge >= 0.3 is 0 Å². The monoisotopic (exact) mass is 365 g/mol. The van der Waals surface area contributed by atoms with E-state index in [4.69, 9.17) is 11.6 Å². The predicted octanol–water partition coefficient (Wildman–Crippen LogP) is 6.39. The van der Waals surface area contributed by atoms with Crippen LogP contribution >= 0.6 is 27.5 Å². The van der Waals surface area contributed by atoms with Crippen molar-refractivity contribution in [3.8, 4) is 11.1 Å². The number of benzene rings is 2. The molecule has 0 aliphatic carbocycles. The molecule has 0 N–H and O–H groups in total. The lowest BCUT2D eigenvalue weighted by molar-refractivity contribution is 0.608. The molecule has 3 heteroatoms. The Morgan fingerprint density at radius 1 is 0.952 bits per heavy atom. The molecule has 0 amide bonds. The molecule has 0 aromatic heterocycles. The molecule has 0 spiro atoms. The second kappa shape index (κ2) is 6.85. The van der Waals surface area contributed by atoms with Crippen molar-refractivity contribution in [1.29, 1.82) is 0 Å². The number of hydrogen-bond donors (Lipinski definition) is 0. The first-order chi connectivity index (χ1) is 9.91. The quantitative estimate of drug-likeness (QED) is 0.605. The number of nitrogens with zero attached hydrogens (tertiary/aromatic N) is 1. The smallest absolute Gasteiger partial charge is 0.0495 e. The van der Waals surface area contributed by atoms with Crippen molar-refractivity contribution in [3.05, 3.63) is 52.0 Å². The fourth-order valence-electron chi connectivity index (χ4n) is 2.79. The third-order valence-electron chi connectivity index (χ3n) is 3.51. The van der Waals surface area contributed by atoms with Crippen molar-refractivity contribution in [2.75, 3.05) is 4.90 Å². The molecule has 2 aromatic rings. The van der Waals surface area contributed by atoms with E-state index in [9.17, 15) is 0 Å². The van der Waals surface area contributed by atoms with Gasteiger partial charge in [-0.25, -0.2) is 0 Å². The van der Waals surface area contributed by atoms with Crippen LogP contribution in [0, 0.1) is 0 Å². The maximum atomic E-state index is 6.38. The van der Waals surface area contributed by atoms with Crippen LogP contribution in [0.1, 0.15) is 27.7 Å². The highest BCUT2D eigenvalue weighted by molar-refractivity contribution is 9.10. The standard InChI is InChI=1S/C18H21BrClN/c1-12(2)21(13(3)4)15-8-5-7-14(11-15)18-16(19)9-6-10-17(18)20/h5-13H,1-4H3. The van der Waals surface area contributed by atoms with Crippen LogP contribution in [0.4, 0.5) is 5.69 Å². The first kappa shape index (κ1) is 16.4. The molecule has 0 saturated heterocycles. The minimum absolute atomic E-state index is 0.454. The second-order valence-corrected chi connectivity index (χ2v) is 7.00. The second-order valence-electron chi connectivity index (χ2n) is 5.74. The van der Waals surface area contributed by atoms with Crippen molar-refractivity contribution in [1.82, 2.24) is 0 Å². The van der Waals surface area contributed by atoms with Crippen LogP contribution in [-0.2, 0) is 0 Å². The van der Waals surface area contributed by atoms with Crippen molar-refractivity contribution >= 4 is 33.2 Å². The largest absolute Gasteiger partial charge is 0.367 e. The molecule has 0 bridgehead atoms. The Balaban J connectivity index is 2.52. The zero-order chi connectivity index (χ0) is 15.6. The third kappa shape index (κ3) is 3.61. The summed E-state index contributed by atoms with van der Waals surface area (Å²) in [5.74, 6) is 0. The van der Waals surface area contributed by atoms with Crippen LogP contribution in [0.3, 0.4) is 0 Å². The molecular weight excluding hydrogens is 346 g/mol. The summed E-state index contributed by atoms with van der Waals surface area (Å²) in [5.41, 5.74) is 3.41. The number of rotatable bonds is 4. The van der Waals surface area contributed by atoms with E-state index in [-0.39, 0.29) is 0 Å². The van der Waals surface area contributed by atoms with Gasteiger partial charge in [-0.2, -0.15) is 0 Å². The maximum absolute atomic E-state index is 6.38. The van der Waals surface area contributed by atoms with Gasteiger partial charge in [0, 0.05) is 32.8 Å². The van der Waals surface area contributed by atoms with Crippen LogP contribution in [-0.4, -0.2) is 12.1 Å². The average molecular weight is 367 g/mol. The summed E-state index contributed by atoms with van der Waals surface area (Å²) >= 11 is 9.98. The number of anilines is 1. The molecule has 2 rings (SSSR count). The molecule has 0 radical (unpaired) electrons. The maximum Gasteiger partial charge on any atom is 0.0495 e. The van der Waals surface area contributed by atoms with Crippen LogP contribution in [0.5, 0.6) is 0 Å². The van der Waals surface area contributed by atoms with Crippen molar-refractivity contribution in [2.45, 2.75) is 39.8 Å². The molecule has 112 valence electrons. The molecular formula is C18H21BrClN. The molecule has 0 atom stereocenters. The first-order valence-electron chi connectivity index (χ1n) is 7.24. The van der Waals surface area contributed by atoms with E-state index >= 15 is 0 Å². The van der Waals surface area contributed by atoms with Crippen molar-refractivity contribution in [3.63, 3.8) is 0 Å². The molecule has 0 fully saturated rings. The number of hydrogen-bond acceptors (Lipinski definition) is 1. The fraction of sp³-hybridized carbons (Fsp3) is 0.333. The molecule has 1 nitrogen and oxygen atoms in total. The Hall–Kier alpha value is -0.990. The SMILES string of the molecule is CC(C)N(c1cccc(-c2c(Cl)cccc2Br)c1)C(C)C. The van der Waals surface area contributed by atoms with E-state index in [2.05, 4.69) is 72.8 Å². The lowest BCUT2D eigenvalue weighted by Crippen LogP contribution is -2.36. The minimum Gasteiger partial charge on any atom is -0.367 e. The van der Waals surface area contributed by atoms with E-state index < -0.39 is 0 Å². The van der Waals surface area contributed by atoms with Gasteiger partial charge in [0.15, 0.2) is 0 Å². The van der Waals surface area contributed by atoms with Gasteiger partial charge in [-0.15, -0.1) is 0 Å². The zero-order valence-electron chi connectivity index (χ0n) is 12.9. The highest BCUT2D eigenvalue weighted by Gasteiger charge is 2.15. The van der Waals surface area contributed by atoms with Gasteiger partial charge in [-0.1, -0.05) is 45.7 Å². The Kier molecular flexibility index (Phi) is 5.34. The Bertz CT molecular complexity index is 594. The van der Waals surface area contributed by atoms with Gasteiger partial charge in [0.2, 0.25) is 0 Å². The van der Waals surface area contributed by atoms with Crippen LogP contribution in [0.15, 0.2) is 46.9 Å². The highest BCUT2D eigenvalue weighted by atomic mass is 79.9. The molecule has 21 heavy (non-hydrogen) atoms. The molecule has 0 unspecified atom stereocenters. The topological polar surface area (TPSA) is 3.24 Å². The van der Waals surface area contributed by atoms with Gasteiger partial charge < -0.3 is 4.90 Å². The molecule has 0 saturated carbocycles. The van der Waals surface area contributed by atoms with E-state index in [1.807, 2.05) is 18.2 Å². The predicted molar refractivity (Wildman–Crippen MR) is 97.3 cm³/mol. The Morgan fingerprint density at radius 3 is 2.14 bits per heavy atom. The normalized spacial score (nSPS) is 11.2. The van der Waals surface area contributed by atoms with E-state index in [0.717, 1.165) is 20.6 Å². The van der Waals surface area contributed by atoms with Gasteiger partial charge in [-0.05, 0) is 57.5 Å². The van der Waals surface area contributed by atoms with Crippen molar-refractivity contribution in [2.24, 2.45) is 0 Å². The van der Waals surface area contributed by atoms with Crippen molar-refractivity contribution < 1.29 is 0 Å². The molecule has 0 aliphatic rings. The first-order valence-corrected chi connectivity index (χ1v) is 8.41. The third-order valence-corrected chi connectivity index (χ3v) is 4.48. The van der Waals surface area contributed by atoms with Crippen LogP contribution < -0.4 is 4.90 Å². The summed E-state index contributed by atoms with van der Waals surface area (Å²) in [4.78, 5) is 2.41. The lowest BCUT2D eigenvalue weighted by atomic mass is 10.0. The summed E-state index contributed by atoms with van der Waals surface area (Å²) in [6.07, 6.45) is 0. The summed E-state index contributed by atoms with van der Waals surface area (Å²) in [5, 5.41) is 0.766. The van der Waals surface area contributed by atoms with Gasteiger partial charge in [0.25, 0.3) is 0 Å². The Morgan fingerprint density at radius 2 is 1.57 bits per heavy atom.